The first-order valence-corrected chi connectivity index (χ1v) is 13.4. The van der Waals surface area contributed by atoms with Gasteiger partial charge in [-0.05, 0) is 42.9 Å². The standard InChI is InChI=1S/C25H37N5O5S/c1-5-14(2)21(26)24(33)28-15(3)22(31)29-19(10-11-36-4)23(32)30-20(25(34)35)12-16-13-27-18-9-7-6-8-17(16)18/h6-9,13-15,19-21,27H,5,10-12,26H2,1-4H3,(H,28,33)(H,29,31)(H,30,32)(H,34,35). The number of amides is 3. The first-order valence-electron chi connectivity index (χ1n) is 12.0. The molecular weight excluding hydrogens is 482 g/mol. The van der Waals surface area contributed by atoms with E-state index >= 15 is 0 Å². The van der Waals surface area contributed by atoms with E-state index in [0.29, 0.717) is 12.2 Å². The van der Waals surface area contributed by atoms with Gasteiger partial charge in [0.15, 0.2) is 0 Å². The number of carbonyl (C=O) groups excluding carboxylic acids is 3. The Balaban J connectivity index is 2.07. The molecule has 2 rings (SSSR count). The van der Waals surface area contributed by atoms with Gasteiger partial charge in [0.05, 0.1) is 6.04 Å². The third-order valence-electron chi connectivity index (χ3n) is 6.27. The molecule has 1 aromatic carbocycles. The number of hydrogen-bond donors (Lipinski definition) is 6. The zero-order chi connectivity index (χ0) is 26.8. The third kappa shape index (κ3) is 7.99. The molecule has 1 heterocycles. The number of hydrogen-bond acceptors (Lipinski definition) is 6. The maximum atomic E-state index is 13.1. The molecule has 7 N–H and O–H groups in total. The van der Waals surface area contributed by atoms with E-state index in [4.69, 9.17) is 5.73 Å². The average molecular weight is 520 g/mol. The van der Waals surface area contributed by atoms with E-state index in [2.05, 4.69) is 20.9 Å². The number of para-hydroxylation sites is 1. The number of rotatable bonds is 14. The summed E-state index contributed by atoms with van der Waals surface area (Å²) in [6, 6.07) is 3.69. The van der Waals surface area contributed by atoms with E-state index in [0.717, 1.165) is 22.9 Å². The molecule has 198 valence electrons. The summed E-state index contributed by atoms with van der Waals surface area (Å²) in [5.41, 5.74) is 7.57. The fourth-order valence-electron chi connectivity index (χ4n) is 3.68. The lowest BCUT2D eigenvalue weighted by Gasteiger charge is -2.24. The summed E-state index contributed by atoms with van der Waals surface area (Å²) in [4.78, 5) is 53.2. The number of fused-ring (bicyclic) bond motifs is 1. The lowest BCUT2D eigenvalue weighted by molar-refractivity contribution is -0.142. The Bertz CT molecular complexity index is 1060. The SMILES string of the molecule is CCC(C)C(N)C(=O)NC(C)C(=O)NC(CCSC)C(=O)NC(Cc1c[nH]c2ccccc12)C(=O)O. The second-order valence-corrected chi connectivity index (χ2v) is 9.93. The highest BCUT2D eigenvalue weighted by molar-refractivity contribution is 7.98. The maximum absolute atomic E-state index is 13.1. The largest absolute Gasteiger partial charge is 0.480 e. The Morgan fingerprint density at radius 1 is 1.03 bits per heavy atom. The summed E-state index contributed by atoms with van der Waals surface area (Å²) in [5, 5.41) is 18.5. The molecule has 2 aromatic rings. The second-order valence-electron chi connectivity index (χ2n) is 8.95. The summed E-state index contributed by atoms with van der Waals surface area (Å²) in [6.07, 6.45) is 4.69. The molecule has 11 heteroatoms. The number of thioether (sulfide) groups is 1. The quantitative estimate of drug-likeness (QED) is 0.219. The first kappa shape index (κ1) is 29.2. The van der Waals surface area contributed by atoms with Crippen LogP contribution < -0.4 is 21.7 Å². The van der Waals surface area contributed by atoms with Crippen molar-refractivity contribution in [1.29, 1.82) is 0 Å². The first-order chi connectivity index (χ1) is 17.1. The molecule has 0 fully saturated rings. The van der Waals surface area contributed by atoms with Gasteiger partial charge in [0.1, 0.15) is 18.1 Å². The van der Waals surface area contributed by atoms with Gasteiger partial charge >= 0.3 is 5.97 Å². The Morgan fingerprint density at radius 2 is 1.69 bits per heavy atom. The van der Waals surface area contributed by atoms with Gasteiger partial charge in [0.25, 0.3) is 0 Å². The van der Waals surface area contributed by atoms with E-state index in [1.807, 2.05) is 44.4 Å². The molecule has 5 atom stereocenters. The number of nitrogens with two attached hydrogens (primary N) is 1. The van der Waals surface area contributed by atoms with Crippen molar-refractivity contribution in [3.63, 3.8) is 0 Å². The summed E-state index contributed by atoms with van der Waals surface area (Å²) < 4.78 is 0. The number of H-pyrrole nitrogens is 1. The predicted molar refractivity (Wildman–Crippen MR) is 142 cm³/mol. The summed E-state index contributed by atoms with van der Waals surface area (Å²) in [7, 11) is 0. The van der Waals surface area contributed by atoms with E-state index < -0.39 is 47.9 Å². The molecule has 0 spiro atoms. The van der Waals surface area contributed by atoms with Gasteiger partial charge in [-0.3, -0.25) is 14.4 Å². The third-order valence-corrected chi connectivity index (χ3v) is 6.91. The number of aliphatic carboxylic acids is 1. The van der Waals surface area contributed by atoms with E-state index in [-0.39, 0.29) is 12.3 Å². The van der Waals surface area contributed by atoms with Crippen LogP contribution in [0.1, 0.15) is 39.2 Å². The molecule has 0 aliphatic heterocycles. The number of nitrogens with one attached hydrogen (secondary N) is 4. The van der Waals surface area contributed by atoms with Crippen LogP contribution in [0, 0.1) is 5.92 Å². The molecule has 0 aliphatic rings. The number of carboxylic acid groups (broad SMARTS) is 1. The van der Waals surface area contributed by atoms with Crippen molar-refractivity contribution in [2.45, 2.75) is 64.2 Å². The molecule has 0 saturated heterocycles. The minimum Gasteiger partial charge on any atom is -0.480 e. The molecule has 0 aliphatic carbocycles. The van der Waals surface area contributed by atoms with Crippen LogP contribution in [0.4, 0.5) is 0 Å². The van der Waals surface area contributed by atoms with Crippen molar-refractivity contribution in [1.82, 2.24) is 20.9 Å². The Labute approximate surface area is 215 Å². The van der Waals surface area contributed by atoms with Crippen LogP contribution in [0.5, 0.6) is 0 Å². The topological polar surface area (TPSA) is 166 Å². The highest BCUT2D eigenvalue weighted by Gasteiger charge is 2.29. The van der Waals surface area contributed by atoms with Gasteiger partial charge in [-0.15, -0.1) is 0 Å². The highest BCUT2D eigenvalue weighted by atomic mass is 32.2. The molecular formula is C25H37N5O5S. The van der Waals surface area contributed by atoms with Crippen LogP contribution >= 0.6 is 11.8 Å². The fraction of sp³-hybridized carbons (Fsp3) is 0.520. The van der Waals surface area contributed by atoms with Crippen molar-refractivity contribution in [3.05, 3.63) is 36.0 Å². The van der Waals surface area contributed by atoms with Crippen molar-refractivity contribution in [2.75, 3.05) is 12.0 Å². The minimum absolute atomic E-state index is 0.0505. The van der Waals surface area contributed by atoms with E-state index in [9.17, 15) is 24.3 Å². The van der Waals surface area contributed by atoms with Gasteiger partial charge in [-0.25, -0.2) is 4.79 Å². The molecule has 10 nitrogen and oxygen atoms in total. The van der Waals surface area contributed by atoms with Crippen molar-refractivity contribution in [2.24, 2.45) is 11.7 Å². The Morgan fingerprint density at radius 3 is 2.33 bits per heavy atom. The molecule has 36 heavy (non-hydrogen) atoms. The maximum Gasteiger partial charge on any atom is 0.326 e. The smallest absolute Gasteiger partial charge is 0.326 e. The monoisotopic (exact) mass is 519 g/mol. The van der Waals surface area contributed by atoms with Crippen LogP contribution in [0.25, 0.3) is 10.9 Å². The Hall–Kier alpha value is -3.05. The summed E-state index contributed by atoms with van der Waals surface area (Å²) in [6.45, 7) is 5.29. The average Bonchev–Trinajstić information content (AvgIpc) is 3.27. The van der Waals surface area contributed by atoms with Gasteiger partial charge < -0.3 is 31.8 Å². The zero-order valence-electron chi connectivity index (χ0n) is 21.2. The van der Waals surface area contributed by atoms with Gasteiger partial charge in [0.2, 0.25) is 17.7 Å². The van der Waals surface area contributed by atoms with Crippen LogP contribution in [-0.4, -0.2) is 70.0 Å². The van der Waals surface area contributed by atoms with E-state index in [1.165, 1.54) is 18.7 Å². The normalized spacial score (nSPS) is 15.4. The van der Waals surface area contributed by atoms with Crippen LogP contribution in [-0.2, 0) is 25.6 Å². The van der Waals surface area contributed by atoms with Gasteiger partial charge in [-0.2, -0.15) is 11.8 Å². The fourth-order valence-corrected chi connectivity index (χ4v) is 4.15. The number of carbonyl (C=O) groups is 4. The molecule has 0 saturated carbocycles. The van der Waals surface area contributed by atoms with Gasteiger partial charge in [0, 0.05) is 23.5 Å². The second kappa shape index (κ2) is 13.9. The number of aromatic amines is 1. The minimum atomic E-state index is -1.18. The lowest BCUT2D eigenvalue weighted by Crippen LogP contribution is -2.57. The molecule has 3 amide bonds. The number of carboxylic acids is 1. The molecule has 0 radical (unpaired) electrons. The van der Waals surface area contributed by atoms with Crippen LogP contribution in [0.2, 0.25) is 0 Å². The van der Waals surface area contributed by atoms with Crippen molar-refractivity contribution < 1.29 is 24.3 Å². The highest BCUT2D eigenvalue weighted by Crippen LogP contribution is 2.19. The van der Waals surface area contributed by atoms with E-state index in [1.54, 1.807) is 6.20 Å². The number of benzene rings is 1. The van der Waals surface area contributed by atoms with Crippen LogP contribution in [0.3, 0.4) is 0 Å². The molecule has 0 bridgehead atoms. The molecule has 1 aromatic heterocycles. The van der Waals surface area contributed by atoms with Crippen LogP contribution in [0.15, 0.2) is 30.5 Å². The lowest BCUT2D eigenvalue weighted by atomic mass is 9.99. The van der Waals surface area contributed by atoms with Crippen molar-refractivity contribution >= 4 is 46.4 Å². The zero-order valence-corrected chi connectivity index (χ0v) is 22.0. The Kier molecular flexibility index (Phi) is 11.3. The molecule has 5 unspecified atom stereocenters. The number of aromatic nitrogens is 1. The van der Waals surface area contributed by atoms with Gasteiger partial charge in [-0.1, -0.05) is 38.5 Å². The summed E-state index contributed by atoms with van der Waals surface area (Å²) in [5.74, 6) is -2.25. The van der Waals surface area contributed by atoms with Crippen molar-refractivity contribution in [3.8, 4) is 0 Å². The summed E-state index contributed by atoms with van der Waals surface area (Å²) >= 11 is 1.50. The predicted octanol–water partition coefficient (Wildman–Crippen LogP) is 1.40.